The number of anilines is 1. The van der Waals surface area contributed by atoms with E-state index in [2.05, 4.69) is 46.0 Å². The number of para-hydroxylation sites is 1. The molecule has 2 aliphatic rings. The van der Waals surface area contributed by atoms with Crippen molar-refractivity contribution in [3.05, 3.63) is 45.9 Å². The minimum Gasteiger partial charge on any atom is -0.368 e. The second-order valence-corrected chi connectivity index (χ2v) is 7.70. The second kappa shape index (κ2) is 6.62. The summed E-state index contributed by atoms with van der Waals surface area (Å²) in [6.07, 6.45) is 4.99. The predicted octanol–water partition coefficient (Wildman–Crippen LogP) is 3.52. The largest absolute Gasteiger partial charge is 0.368 e. The van der Waals surface area contributed by atoms with Crippen LogP contribution < -0.4 is 4.90 Å². The van der Waals surface area contributed by atoms with Crippen LogP contribution in [0, 0.1) is 6.92 Å². The molecule has 3 nitrogen and oxygen atoms in total. The molecule has 1 aromatic carbocycles. The van der Waals surface area contributed by atoms with E-state index >= 15 is 0 Å². The summed E-state index contributed by atoms with van der Waals surface area (Å²) in [6, 6.07) is 9.69. The number of hydrogen-bond donors (Lipinski definition) is 0. The van der Waals surface area contributed by atoms with Crippen LogP contribution >= 0.6 is 11.3 Å². The molecule has 4 rings (SSSR count). The molecule has 0 N–H and O–H groups in total. The molecule has 0 unspecified atom stereocenters. The Labute approximate surface area is 143 Å². The minimum absolute atomic E-state index is 0.736. The van der Waals surface area contributed by atoms with E-state index in [0.29, 0.717) is 0 Å². The second-order valence-electron chi connectivity index (χ2n) is 6.76. The molecule has 0 bridgehead atoms. The van der Waals surface area contributed by atoms with Gasteiger partial charge in [0.1, 0.15) is 0 Å². The topological polar surface area (TPSA) is 19.4 Å². The highest BCUT2D eigenvalue weighted by Gasteiger charge is 2.28. The van der Waals surface area contributed by atoms with Crippen LogP contribution in [0.1, 0.15) is 29.0 Å². The molecule has 23 heavy (non-hydrogen) atoms. The van der Waals surface area contributed by atoms with Gasteiger partial charge < -0.3 is 9.80 Å². The maximum absolute atomic E-state index is 4.36. The standard InChI is InChI=1S/C19H25N3S/c1-15-19(23-14-20-15)9-12-21-10-7-17(8-11-21)22-13-6-16-4-2-3-5-18(16)22/h2-5,14,17H,6-13H2,1H3. The van der Waals surface area contributed by atoms with Gasteiger partial charge in [-0.15, -0.1) is 11.3 Å². The average molecular weight is 327 g/mol. The number of piperidine rings is 1. The Morgan fingerprint density at radius 2 is 2.00 bits per heavy atom. The van der Waals surface area contributed by atoms with Crippen molar-refractivity contribution in [3.8, 4) is 0 Å². The van der Waals surface area contributed by atoms with E-state index in [9.17, 15) is 0 Å². The molecular weight excluding hydrogens is 302 g/mol. The average Bonchev–Trinajstić information content (AvgIpc) is 3.20. The molecule has 2 aromatic rings. The first-order valence-electron chi connectivity index (χ1n) is 8.77. The number of hydrogen-bond acceptors (Lipinski definition) is 4. The molecule has 122 valence electrons. The summed E-state index contributed by atoms with van der Waals surface area (Å²) >= 11 is 1.81. The van der Waals surface area contributed by atoms with Crippen LogP contribution in [0.4, 0.5) is 5.69 Å². The van der Waals surface area contributed by atoms with Crippen molar-refractivity contribution in [1.29, 1.82) is 0 Å². The van der Waals surface area contributed by atoms with Gasteiger partial charge >= 0.3 is 0 Å². The number of fused-ring (bicyclic) bond motifs is 1. The minimum atomic E-state index is 0.736. The Morgan fingerprint density at radius 3 is 2.78 bits per heavy atom. The van der Waals surface area contributed by atoms with Gasteiger partial charge in [-0.25, -0.2) is 4.98 Å². The Bertz CT molecular complexity index is 658. The van der Waals surface area contributed by atoms with E-state index < -0.39 is 0 Å². The molecule has 0 radical (unpaired) electrons. The SMILES string of the molecule is Cc1ncsc1CCN1CCC(N2CCc3ccccc32)CC1. The predicted molar refractivity (Wildman–Crippen MR) is 97.5 cm³/mol. The quantitative estimate of drug-likeness (QED) is 0.856. The van der Waals surface area contributed by atoms with Gasteiger partial charge in [0.05, 0.1) is 11.2 Å². The molecule has 0 saturated carbocycles. The van der Waals surface area contributed by atoms with E-state index in [-0.39, 0.29) is 0 Å². The number of rotatable bonds is 4. The summed E-state index contributed by atoms with van der Waals surface area (Å²) < 4.78 is 0. The molecule has 0 aliphatic carbocycles. The summed E-state index contributed by atoms with van der Waals surface area (Å²) in [5.74, 6) is 0. The number of nitrogens with zero attached hydrogens (tertiary/aromatic N) is 3. The monoisotopic (exact) mass is 327 g/mol. The van der Waals surface area contributed by atoms with Crippen molar-refractivity contribution >= 4 is 17.0 Å². The Morgan fingerprint density at radius 1 is 1.17 bits per heavy atom. The number of aromatic nitrogens is 1. The first kappa shape index (κ1) is 15.2. The lowest BCUT2D eigenvalue weighted by Crippen LogP contribution is -2.44. The molecule has 0 atom stereocenters. The van der Waals surface area contributed by atoms with Gasteiger partial charge in [-0.3, -0.25) is 0 Å². The Balaban J connectivity index is 1.31. The summed E-state index contributed by atoms with van der Waals surface area (Å²) in [4.78, 5) is 11.1. The van der Waals surface area contributed by atoms with Gasteiger partial charge in [-0.2, -0.15) is 0 Å². The molecule has 1 aromatic heterocycles. The number of aryl methyl sites for hydroxylation is 1. The van der Waals surface area contributed by atoms with E-state index in [1.165, 1.54) is 67.3 Å². The van der Waals surface area contributed by atoms with E-state index in [4.69, 9.17) is 0 Å². The third kappa shape index (κ3) is 3.15. The van der Waals surface area contributed by atoms with Gasteiger partial charge in [-0.05, 0) is 44.2 Å². The van der Waals surface area contributed by atoms with Crippen LogP contribution in [0.25, 0.3) is 0 Å². The lowest BCUT2D eigenvalue weighted by molar-refractivity contribution is 0.212. The number of thiazole rings is 1. The van der Waals surface area contributed by atoms with Gasteiger partial charge in [0.15, 0.2) is 0 Å². The lowest BCUT2D eigenvalue weighted by atomic mass is 10.0. The Hall–Kier alpha value is -1.39. The maximum Gasteiger partial charge on any atom is 0.0797 e. The van der Waals surface area contributed by atoms with Crippen LogP contribution in [0.15, 0.2) is 29.8 Å². The molecule has 3 heterocycles. The van der Waals surface area contributed by atoms with Crippen molar-refractivity contribution in [3.63, 3.8) is 0 Å². The van der Waals surface area contributed by atoms with E-state index in [0.717, 1.165) is 12.5 Å². The highest BCUT2D eigenvalue weighted by molar-refractivity contribution is 7.09. The van der Waals surface area contributed by atoms with Crippen LogP contribution in [0.5, 0.6) is 0 Å². The van der Waals surface area contributed by atoms with E-state index in [1.54, 1.807) is 11.3 Å². The van der Waals surface area contributed by atoms with Crippen LogP contribution in [0.3, 0.4) is 0 Å². The summed E-state index contributed by atoms with van der Waals surface area (Å²) in [5, 5.41) is 0. The van der Waals surface area contributed by atoms with E-state index in [1.807, 2.05) is 5.51 Å². The third-order valence-electron chi connectivity index (χ3n) is 5.42. The molecule has 1 fully saturated rings. The summed E-state index contributed by atoms with van der Waals surface area (Å²) in [5.41, 5.74) is 6.22. The van der Waals surface area contributed by atoms with Gasteiger partial charge in [-0.1, -0.05) is 18.2 Å². The van der Waals surface area contributed by atoms with Crippen molar-refractivity contribution in [2.24, 2.45) is 0 Å². The van der Waals surface area contributed by atoms with Crippen LogP contribution in [-0.4, -0.2) is 42.1 Å². The zero-order chi connectivity index (χ0) is 15.6. The van der Waals surface area contributed by atoms with Crippen molar-refractivity contribution in [2.45, 2.75) is 38.6 Å². The number of likely N-dealkylation sites (tertiary alicyclic amines) is 1. The van der Waals surface area contributed by atoms with Crippen molar-refractivity contribution in [2.75, 3.05) is 31.1 Å². The molecule has 2 aliphatic heterocycles. The van der Waals surface area contributed by atoms with Gasteiger partial charge in [0, 0.05) is 42.8 Å². The van der Waals surface area contributed by atoms with Gasteiger partial charge in [0.2, 0.25) is 0 Å². The highest BCUT2D eigenvalue weighted by Crippen LogP contribution is 2.32. The first-order chi connectivity index (χ1) is 11.3. The summed E-state index contributed by atoms with van der Waals surface area (Å²) in [6.45, 7) is 7.00. The smallest absolute Gasteiger partial charge is 0.0797 e. The fourth-order valence-corrected chi connectivity index (χ4v) is 4.79. The normalized spacial score (nSPS) is 19.3. The fraction of sp³-hybridized carbons (Fsp3) is 0.526. The van der Waals surface area contributed by atoms with Gasteiger partial charge in [0.25, 0.3) is 0 Å². The van der Waals surface area contributed by atoms with Crippen LogP contribution in [0.2, 0.25) is 0 Å². The lowest BCUT2D eigenvalue weighted by Gasteiger charge is -2.38. The number of benzene rings is 1. The molecule has 0 spiro atoms. The molecule has 4 heteroatoms. The molecule has 0 amide bonds. The fourth-order valence-electron chi connectivity index (χ4n) is 4.02. The first-order valence-corrected chi connectivity index (χ1v) is 9.65. The van der Waals surface area contributed by atoms with Crippen molar-refractivity contribution in [1.82, 2.24) is 9.88 Å². The summed E-state index contributed by atoms with van der Waals surface area (Å²) in [7, 11) is 0. The maximum atomic E-state index is 4.36. The van der Waals surface area contributed by atoms with Crippen molar-refractivity contribution < 1.29 is 0 Å². The van der Waals surface area contributed by atoms with Crippen LogP contribution in [-0.2, 0) is 12.8 Å². The zero-order valence-corrected chi connectivity index (χ0v) is 14.7. The molecule has 1 saturated heterocycles. The Kier molecular flexibility index (Phi) is 4.36. The highest BCUT2D eigenvalue weighted by atomic mass is 32.1. The third-order valence-corrected chi connectivity index (χ3v) is 6.42. The zero-order valence-electron chi connectivity index (χ0n) is 13.9. The molecular formula is C19H25N3S.